The fraction of sp³-hybridized carbons (Fsp3) is 0.176. The summed E-state index contributed by atoms with van der Waals surface area (Å²) in [6.45, 7) is 3.50. The number of nitrogens with one attached hydrogen (secondary N) is 2. The van der Waals surface area contributed by atoms with Gasteiger partial charge in [0.2, 0.25) is 0 Å². The number of aromatic nitrogens is 1. The first-order valence-electron chi connectivity index (χ1n) is 7.72. The van der Waals surface area contributed by atoms with Crippen LogP contribution < -0.4 is 10.6 Å². The second-order valence-electron chi connectivity index (χ2n) is 5.21. The van der Waals surface area contributed by atoms with E-state index in [1.165, 1.54) is 17.4 Å². The summed E-state index contributed by atoms with van der Waals surface area (Å²) in [7, 11) is 0. The molecule has 0 aliphatic heterocycles. The molecule has 8 nitrogen and oxygen atoms in total. The van der Waals surface area contributed by atoms with Crippen molar-refractivity contribution in [1.82, 2.24) is 10.3 Å². The van der Waals surface area contributed by atoms with Crippen LogP contribution in [0.5, 0.6) is 0 Å². The number of aryl methyl sites for hydroxylation is 1. The Morgan fingerprint density at radius 3 is 2.81 bits per heavy atom. The normalized spacial score (nSPS) is 10.5. The SMILES string of the molecule is CCOC(=O)NC(=O)c1ccsc1NC(=O)c1ccc2oc(C)nc2c1. The van der Waals surface area contributed by atoms with E-state index in [-0.39, 0.29) is 12.2 Å². The molecule has 2 aromatic heterocycles. The van der Waals surface area contributed by atoms with Gasteiger partial charge in [0, 0.05) is 12.5 Å². The lowest BCUT2D eigenvalue weighted by Gasteiger charge is -2.07. The summed E-state index contributed by atoms with van der Waals surface area (Å²) in [5, 5.41) is 6.74. The van der Waals surface area contributed by atoms with Crippen molar-refractivity contribution in [2.75, 3.05) is 11.9 Å². The van der Waals surface area contributed by atoms with Crippen LogP contribution in [0.2, 0.25) is 0 Å². The first-order chi connectivity index (χ1) is 12.5. The predicted molar refractivity (Wildman–Crippen MR) is 95.5 cm³/mol. The molecule has 3 amide bonds. The van der Waals surface area contributed by atoms with Crippen LogP contribution in [-0.2, 0) is 4.74 Å². The quantitative estimate of drug-likeness (QED) is 0.726. The first kappa shape index (κ1) is 17.6. The summed E-state index contributed by atoms with van der Waals surface area (Å²) in [5.41, 5.74) is 1.71. The van der Waals surface area contributed by atoms with E-state index >= 15 is 0 Å². The monoisotopic (exact) mass is 373 g/mol. The molecule has 0 aliphatic carbocycles. The van der Waals surface area contributed by atoms with Gasteiger partial charge in [-0.1, -0.05) is 0 Å². The zero-order valence-electron chi connectivity index (χ0n) is 14.0. The van der Waals surface area contributed by atoms with Gasteiger partial charge in [0.05, 0.1) is 12.2 Å². The Bertz CT molecular complexity index is 991. The molecule has 9 heteroatoms. The third kappa shape index (κ3) is 3.72. The Morgan fingerprint density at radius 1 is 1.23 bits per heavy atom. The molecule has 0 fully saturated rings. The number of anilines is 1. The molecule has 2 heterocycles. The molecule has 3 rings (SSSR count). The molecular formula is C17H15N3O5S. The Balaban J connectivity index is 1.76. The predicted octanol–water partition coefficient (Wildman–Crippen LogP) is 3.34. The Hall–Kier alpha value is -3.20. The van der Waals surface area contributed by atoms with E-state index in [1.54, 1.807) is 37.4 Å². The van der Waals surface area contributed by atoms with Crippen molar-refractivity contribution < 1.29 is 23.5 Å². The fourth-order valence-corrected chi connectivity index (χ4v) is 3.05. The molecule has 0 saturated heterocycles. The highest BCUT2D eigenvalue weighted by Crippen LogP contribution is 2.24. The lowest BCUT2D eigenvalue weighted by Crippen LogP contribution is -2.31. The van der Waals surface area contributed by atoms with Gasteiger partial charge in [0.15, 0.2) is 11.5 Å². The van der Waals surface area contributed by atoms with Crippen molar-refractivity contribution in [3.8, 4) is 0 Å². The Labute approximate surface area is 152 Å². The van der Waals surface area contributed by atoms with E-state index in [4.69, 9.17) is 4.42 Å². The number of carbonyl (C=O) groups excluding carboxylic acids is 3. The highest BCUT2D eigenvalue weighted by Gasteiger charge is 2.18. The minimum atomic E-state index is -0.840. The fourth-order valence-electron chi connectivity index (χ4n) is 2.27. The number of fused-ring (bicyclic) bond motifs is 1. The van der Waals surface area contributed by atoms with Crippen LogP contribution in [0.15, 0.2) is 34.1 Å². The standard InChI is InChI=1S/C17H15N3O5S/c1-3-24-17(23)20-15(22)11-6-7-26-16(11)19-14(21)10-4-5-13-12(8-10)18-9(2)25-13/h4-8H,3H2,1-2H3,(H,19,21)(H,20,22,23). The Kier molecular flexibility index (Phi) is 4.99. The molecule has 0 spiro atoms. The molecule has 0 unspecified atom stereocenters. The van der Waals surface area contributed by atoms with E-state index in [1.807, 2.05) is 0 Å². The van der Waals surface area contributed by atoms with Crippen molar-refractivity contribution in [3.63, 3.8) is 0 Å². The van der Waals surface area contributed by atoms with Crippen LogP contribution in [0, 0.1) is 6.92 Å². The van der Waals surface area contributed by atoms with Crippen LogP contribution in [-0.4, -0.2) is 29.5 Å². The van der Waals surface area contributed by atoms with Gasteiger partial charge in [0.1, 0.15) is 10.5 Å². The maximum Gasteiger partial charge on any atom is 0.414 e. The lowest BCUT2D eigenvalue weighted by atomic mass is 10.2. The highest BCUT2D eigenvalue weighted by atomic mass is 32.1. The number of benzene rings is 1. The number of ether oxygens (including phenoxy) is 1. The summed E-state index contributed by atoms with van der Waals surface area (Å²) in [6, 6.07) is 6.38. The van der Waals surface area contributed by atoms with Crippen LogP contribution in [0.25, 0.3) is 11.1 Å². The molecule has 0 bridgehead atoms. The minimum absolute atomic E-state index is 0.149. The molecule has 134 valence electrons. The average molecular weight is 373 g/mol. The van der Waals surface area contributed by atoms with Gasteiger partial charge in [-0.25, -0.2) is 9.78 Å². The van der Waals surface area contributed by atoms with Crippen LogP contribution in [0.1, 0.15) is 33.5 Å². The van der Waals surface area contributed by atoms with Crippen molar-refractivity contribution in [2.24, 2.45) is 0 Å². The van der Waals surface area contributed by atoms with E-state index in [9.17, 15) is 14.4 Å². The van der Waals surface area contributed by atoms with E-state index < -0.39 is 17.9 Å². The number of alkyl carbamates (subject to hydrolysis) is 1. The number of hydrogen-bond donors (Lipinski definition) is 2. The number of hydrogen-bond acceptors (Lipinski definition) is 7. The van der Waals surface area contributed by atoms with E-state index in [2.05, 4.69) is 20.4 Å². The zero-order valence-corrected chi connectivity index (χ0v) is 14.8. The van der Waals surface area contributed by atoms with Gasteiger partial charge < -0.3 is 14.5 Å². The number of thiophene rings is 1. The summed E-state index contributed by atoms with van der Waals surface area (Å²) in [4.78, 5) is 40.2. The molecule has 0 saturated carbocycles. The van der Waals surface area contributed by atoms with Crippen molar-refractivity contribution in [3.05, 3.63) is 46.7 Å². The van der Waals surface area contributed by atoms with Crippen molar-refractivity contribution in [1.29, 1.82) is 0 Å². The summed E-state index contributed by atoms with van der Waals surface area (Å²) in [5.74, 6) is -0.545. The van der Waals surface area contributed by atoms with E-state index in [0.29, 0.717) is 27.6 Å². The first-order valence-corrected chi connectivity index (χ1v) is 8.60. The van der Waals surface area contributed by atoms with Crippen LogP contribution in [0.4, 0.5) is 9.80 Å². The zero-order chi connectivity index (χ0) is 18.7. The molecular weight excluding hydrogens is 358 g/mol. The van der Waals surface area contributed by atoms with Gasteiger partial charge in [-0.2, -0.15) is 0 Å². The summed E-state index contributed by atoms with van der Waals surface area (Å²) in [6.07, 6.45) is -0.840. The number of rotatable bonds is 4. The summed E-state index contributed by atoms with van der Waals surface area (Å²) >= 11 is 1.17. The summed E-state index contributed by atoms with van der Waals surface area (Å²) < 4.78 is 10.1. The third-order valence-corrected chi connectivity index (χ3v) is 4.21. The van der Waals surface area contributed by atoms with E-state index in [0.717, 1.165) is 0 Å². The molecule has 26 heavy (non-hydrogen) atoms. The molecule has 0 radical (unpaired) electrons. The van der Waals surface area contributed by atoms with Crippen LogP contribution in [0.3, 0.4) is 0 Å². The largest absolute Gasteiger partial charge is 0.450 e. The minimum Gasteiger partial charge on any atom is -0.450 e. The smallest absolute Gasteiger partial charge is 0.414 e. The lowest BCUT2D eigenvalue weighted by molar-refractivity contribution is 0.0926. The number of carbonyl (C=O) groups is 3. The molecule has 0 aliphatic rings. The van der Waals surface area contributed by atoms with Gasteiger partial charge >= 0.3 is 6.09 Å². The van der Waals surface area contributed by atoms with Gasteiger partial charge in [-0.15, -0.1) is 11.3 Å². The molecule has 0 atom stereocenters. The van der Waals surface area contributed by atoms with Gasteiger partial charge in [-0.05, 0) is 36.6 Å². The third-order valence-electron chi connectivity index (χ3n) is 3.38. The number of oxazole rings is 1. The molecule has 2 N–H and O–H groups in total. The average Bonchev–Trinajstić information content (AvgIpc) is 3.19. The van der Waals surface area contributed by atoms with Crippen molar-refractivity contribution in [2.45, 2.75) is 13.8 Å². The maximum atomic E-state index is 12.5. The van der Waals surface area contributed by atoms with Gasteiger partial charge in [-0.3, -0.25) is 14.9 Å². The molecule has 3 aromatic rings. The second-order valence-corrected chi connectivity index (χ2v) is 6.12. The van der Waals surface area contributed by atoms with Crippen molar-refractivity contribution >= 4 is 45.3 Å². The van der Waals surface area contributed by atoms with Crippen LogP contribution >= 0.6 is 11.3 Å². The second kappa shape index (κ2) is 7.36. The molecule has 1 aromatic carbocycles. The maximum absolute atomic E-state index is 12.5. The topological polar surface area (TPSA) is 111 Å². The number of amides is 3. The van der Waals surface area contributed by atoms with Gasteiger partial charge in [0.25, 0.3) is 11.8 Å². The Morgan fingerprint density at radius 2 is 2.04 bits per heavy atom. The highest BCUT2D eigenvalue weighted by molar-refractivity contribution is 7.14. The number of imide groups is 1. The number of nitrogens with zero attached hydrogens (tertiary/aromatic N) is 1.